The number of hydrogen-bond donors (Lipinski definition) is 1. The molecule has 0 aromatic carbocycles. The maximum atomic E-state index is 11.6. The zero-order valence-corrected chi connectivity index (χ0v) is 9.84. The third kappa shape index (κ3) is 1.51. The number of carboxylic acids is 1. The van der Waals surface area contributed by atoms with Crippen LogP contribution in [0.3, 0.4) is 0 Å². The molecule has 4 heteroatoms. The number of fused-ring (bicyclic) bond motifs is 1. The first-order valence-corrected chi connectivity index (χ1v) is 5.86. The van der Waals surface area contributed by atoms with Gasteiger partial charge in [-0.3, -0.25) is 9.59 Å². The van der Waals surface area contributed by atoms with Gasteiger partial charge in [0.15, 0.2) is 0 Å². The van der Waals surface area contributed by atoms with Crippen molar-refractivity contribution in [3.63, 3.8) is 0 Å². The fourth-order valence-electron chi connectivity index (χ4n) is 3.34. The first-order chi connectivity index (χ1) is 7.43. The molecule has 0 amide bonds. The van der Waals surface area contributed by atoms with Gasteiger partial charge in [0.1, 0.15) is 6.10 Å². The number of hydrogen-bond acceptors (Lipinski definition) is 3. The number of ether oxygens (including phenoxy) is 1. The summed E-state index contributed by atoms with van der Waals surface area (Å²) in [7, 11) is 0. The Labute approximate surface area is 95.0 Å². The van der Waals surface area contributed by atoms with Crippen LogP contribution in [0.5, 0.6) is 0 Å². The number of aliphatic carboxylic acids is 1. The van der Waals surface area contributed by atoms with Crippen molar-refractivity contribution in [2.24, 2.45) is 29.6 Å². The van der Waals surface area contributed by atoms with E-state index in [2.05, 4.69) is 0 Å². The van der Waals surface area contributed by atoms with Crippen LogP contribution in [0.25, 0.3) is 0 Å². The molecule has 16 heavy (non-hydrogen) atoms. The number of carboxylic acid groups (broad SMARTS) is 1. The van der Waals surface area contributed by atoms with Gasteiger partial charge in [0.05, 0.1) is 11.8 Å². The van der Waals surface area contributed by atoms with Crippen LogP contribution in [0.4, 0.5) is 0 Å². The molecule has 1 aliphatic heterocycles. The molecular weight excluding hydrogens is 208 g/mol. The van der Waals surface area contributed by atoms with E-state index in [4.69, 9.17) is 4.74 Å². The summed E-state index contributed by atoms with van der Waals surface area (Å²) in [5.74, 6) is -1.42. The van der Waals surface area contributed by atoms with Crippen LogP contribution in [0.1, 0.15) is 27.2 Å². The predicted molar refractivity (Wildman–Crippen MR) is 56.6 cm³/mol. The quantitative estimate of drug-likeness (QED) is 0.689. The van der Waals surface area contributed by atoms with E-state index in [0.29, 0.717) is 0 Å². The van der Waals surface area contributed by atoms with E-state index in [9.17, 15) is 14.7 Å². The lowest BCUT2D eigenvalue weighted by Gasteiger charge is -2.39. The Balaban J connectivity index is 2.33. The Morgan fingerprint density at radius 2 is 2.00 bits per heavy atom. The topological polar surface area (TPSA) is 63.6 Å². The molecule has 4 nitrogen and oxygen atoms in total. The van der Waals surface area contributed by atoms with E-state index in [1.54, 1.807) is 6.92 Å². The Bertz CT molecular complexity index is 325. The van der Waals surface area contributed by atoms with Crippen LogP contribution in [0.15, 0.2) is 0 Å². The summed E-state index contributed by atoms with van der Waals surface area (Å²) in [4.78, 5) is 23.0. The number of carbonyl (C=O) groups excluding carboxylic acids is 1. The van der Waals surface area contributed by atoms with E-state index in [0.717, 1.165) is 6.42 Å². The largest absolute Gasteiger partial charge is 0.481 e. The van der Waals surface area contributed by atoms with E-state index >= 15 is 0 Å². The van der Waals surface area contributed by atoms with Gasteiger partial charge in [0.2, 0.25) is 0 Å². The average molecular weight is 226 g/mol. The molecule has 0 spiro atoms. The summed E-state index contributed by atoms with van der Waals surface area (Å²) < 4.78 is 5.18. The predicted octanol–water partition coefficient (Wildman–Crippen LogP) is 1.54. The Morgan fingerprint density at radius 3 is 2.56 bits per heavy atom. The second-order valence-electron chi connectivity index (χ2n) is 5.26. The van der Waals surface area contributed by atoms with Gasteiger partial charge in [-0.05, 0) is 25.2 Å². The summed E-state index contributed by atoms with van der Waals surface area (Å²) in [6, 6.07) is 0. The molecule has 0 aromatic heterocycles. The van der Waals surface area contributed by atoms with Crippen LogP contribution in [0.2, 0.25) is 0 Å². The molecule has 1 aliphatic carbocycles. The lowest BCUT2D eigenvalue weighted by Crippen LogP contribution is -2.44. The van der Waals surface area contributed by atoms with E-state index in [-0.39, 0.29) is 35.7 Å². The maximum Gasteiger partial charge on any atom is 0.309 e. The molecule has 5 unspecified atom stereocenters. The van der Waals surface area contributed by atoms with Gasteiger partial charge < -0.3 is 9.84 Å². The summed E-state index contributed by atoms with van der Waals surface area (Å²) >= 11 is 0. The van der Waals surface area contributed by atoms with Crippen LogP contribution in [0, 0.1) is 29.6 Å². The van der Waals surface area contributed by atoms with Gasteiger partial charge in [0, 0.05) is 5.92 Å². The molecule has 2 rings (SSSR count). The van der Waals surface area contributed by atoms with Gasteiger partial charge in [0.25, 0.3) is 0 Å². The molecule has 1 N–H and O–H groups in total. The van der Waals surface area contributed by atoms with Crippen molar-refractivity contribution in [1.29, 1.82) is 0 Å². The summed E-state index contributed by atoms with van der Waals surface area (Å²) in [6.07, 6.45) is 0.507. The number of rotatable bonds is 1. The zero-order chi connectivity index (χ0) is 12.0. The van der Waals surface area contributed by atoms with Gasteiger partial charge >= 0.3 is 11.9 Å². The van der Waals surface area contributed by atoms with E-state index in [1.807, 2.05) is 13.8 Å². The molecule has 0 bridgehead atoms. The highest BCUT2D eigenvalue weighted by Crippen LogP contribution is 2.48. The third-order valence-corrected chi connectivity index (χ3v) is 4.40. The van der Waals surface area contributed by atoms with Crippen molar-refractivity contribution in [2.45, 2.75) is 33.3 Å². The second-order valence-corrected chi connectivity index (χ2v) is 5.26. The van der Waals surface area contributed by atoms with Crippen molar-refractivity contribution < 1.29 is 19.4 Å². The number of esters is 1. The first kappa shape index (κ1) is 11.4. The lowest BCUT2D eigenvalue weighted by molar-refractivity contribution is -0.150. The monoisotopic (exact) mass is 226 g/mol. The van der Waals surface area contributed by atoms with Crippen LogP contribution < -0.4 is 0 Å². The van der Waals surface area contributed by atoms with Crippen molar-refractivity contribution in [2.75, 3.05) is 0 Å². The smallest absolute Gasteiger partial charge is 0.309 e. The van der Waals surface area contributed by atoms with Crippen molar-refractivity contribution in [1.82, 2.24) is 0 Å². The van der Waals surface area contributed by atoms with E-state index < -0.39 is 11.9 Å². The van der Waals surface area contributed by atoms with Gasteiger partial charge in [-0.15, -0.1) is 0 Å². The molecule has 1 saturated carbocycles. The minimum Gasteiger partial charge on any atom is -0.481 e. The maximum absolute atomic E-state index is 11.6. The molecule has 1 heterocycles. The first-order valence-electron chi connectivity index (χ1n) is 5.86. The second kappa shape index (κ2) is 3.75. The van der Waals surface area contributed by atoms with Crippen molar-refractivity contribution in [3.05, 3.63) is 0 Å². The highest BCUT2D eigenvalue weighted by atomic mass is 16.6. The molecular formula is C12H18O4. The number of carbonyl (C=O) groups is 2. The van der Waals surface area contributed by atoms with Gasteiger partial charge in [-0.25, -0.2) is 0 Å². The Morgan fingerprint density at radius 1 is 1.38 bits per heavy atom. The van der Waals surface area contributed by atoms with Crippen LogP contribution in [-0.4, -0.2) is 23.1 Å². The molecule has 2 fully saturated rings. The highest BCUT2D eigenvalue weighted by molar-refractivity contribution is 5.79. The van der Waals surface area contributed by atoms with Crippen molar-refractivity contribution in [3.8, 4) is 0 Å². The fraction of sp³-hybridized carbons (Fsp3) is 0.833. The highest BCUT2D eigenvalue weighted by Gasteiger charge is 2.54. The third-order valence-electron chi connectivity index (χ3n) is 4.40. The summed E-state index contributed by atoms with van der Waals surface area (Å²) in [5.41, 5.74) is 0. The average Bonchev–Trinajstić information content (AvgIpc) is 2.44. The minimum atomic E-state index is -0.792. The molecule has 1 saturated heterocycles. The molecule has 90 valence electrons. The molecule has 0 aromatic rings. The summed E-state index contributed by atoms with van der Waals surface area (Å²) in [6.45, 7) is 5.80. The zero-order valence-electron chi connectivity index (χ0n) is 9.84. The Kier molecular flexibility index (Phi) is 2.68. The van der Waals surface area contributed by atoms with E-state index in [1.165, 1.54) is 0 Å². The van der Waals surface area contributed by atoms with Crippen LogP contribution >= 0.6 is 0 Å². The fourth-order valence-corrected chi connectivity index (χ4v) is 3.34. The standard InChI is InChI=1S/C12H18O4/c1-5-4-8-10(7(3)16-12(8)15)9(6(5)2)11(13)14/h5-10H,4H2,1-3H3,(H,13,14)/t5?,6?,7-,8?,9?,10?/m1/s1. The molecule has 6 atom stereocenters. The SMILES string of the molecule is CC1CC2C(=O)O[C@H](C)C2C(C(=O)O)C1C. The van der Waals surface area contributed by atoms with Crippen molar-refractivity contribution >= 4 is 11.9 Å². The van der Waals surface area contributed by atoms with Crippen LogP contribution in [-0.2, 0) is 14.3 Å². The number of cyclic esters (lactones) is 1. The van der Waals surface area contributed by atoms with Gasteiger partial charge in [-0.2, -0.15) is 0 Å². The normalized spacial score (nSPS) is 47.3. The lowest BCUT2D eigenvalue weighted by atomic mass is 9.62. The van der Waals surface area contributed by atoms with Gasteiger partial charge in [-0.1, -0.05) is 13.8 Å². The summed E-state index contributed by atoms with van der Waals surface area (Å²) in [5, 5.41) is 9.31. The molecule has 2 aliphatic rings. The Hall–Kier alpha value is -1.06. The minimum absolute atomic E-state index is 0.107. The molecule has 0 radical (unpaired) electrons.